The Labute approximate surface area is 206 Å². The van der Waals surface area contributed by atoms with Gasteiger partial charge in [-0.25, -0.2) is 4.79 Å². The average Bonchev–Trinajstić information content (AvgIpc) is 3.48. The number of nitrogens with one attached hydrogen (secondary N) is 4. The van der Waals surface area contributed by atoms with Gasteiger partial charge >= 0.3 is 5.76 Å². The van der Waals surface area contributed by atoms with E-state index < -0.39 is 11.7 Å². The summed E-state index contributed by atoms with van der Waals surface area (Å²) in [6.07, 6.45) is 0.238. The summed E-state index contributed by atoms with van der Waals surface area (Å²) in [7, 11) is 0. The number of para-hydroxylation sites is 1. The van der Waals surface area contributed by atoms with Gasteiger partial charge in [-0.1, -0.05) is 63.6 Å². The Morgan fingerprint density at radius 2 is 1.74 bits per heavy atom. The molecular weight excluding hydrogens is 514 g/mol. The van der Waals surface area contributed by atoms with Crippen LogP contribution in [0, 0.1) is 0 Å². The first-order valence-electron chi connectivity index (χ1n) is 10.6. The number of aromatic nitrogens is 3. The van der Waals surface area contributed by atoms with Crippen molar-refractivity contribution in [3.63, 3.8) is 0 Å². The van der Waals surface area contributed by atoms with Gasteiger partial charge in [0.05, 0.1) is 23.3 Å². The smallest absolute Gasteiger partial charge is 0.349 e. The van der Waals surface area contributed by atoms with Crippen LogP contribution in [0.1, 0.15) is 16.1 Å². The number of rotatable bonds is 6. The molecule has 0 aliphatic heterocycles. The first-order chi connectivity index (χ1) is 17.0. The summed E-state index contributed by atoms with van der Waals surface area (Å²) in [4.78, 5) is 42.6. The predicted molar refractivity (Wildman–Crippen MR) is 135 cm³/mol. The van der Waals surface area contributed by atoms with Gasteiger partial charge in [-0.2, -0.15) is 0 Å². The highest BCUT2D eigenvalue weighted by atomic mass is 79.9. The summed E-state index contributed by atoms with van der Waals surface area (Å²) in [5.74, 6) is -1.08. The normalized spacial score (nSPS) is 10.9. The van der Waals surface area contributed by atoms with E-state index in [0.717, 1.165) is 15.4 Å². The highest BCUT2D eigenvalue weighted by molar-refractivity contribution is 9.10. The molecule has 0 unspecified atom stereocenters. The average molecular weight is 532 g/mol. The van der Waals surface area contributed by atoms with Crippen LogP contribution in [-0.4, -0.2) is 26.9 Å². The predicted octanol–water partition coefficient (Wildman–Crippen LogP) is 4.71. The lowest BCUT2D eigenvalue weighted by Gasteiger charge is -2.09. The molecule has 0 spiro atoms. The molecule has 0 bridgehead atoms. The van der Waals surface area contributed by atoms with E-state index in [1.807, 2.05) is 42.5 Å². The molecule has 3 aromatic carbocycles. The maximum absolute atomic E-state index is 13.1. The van der Waals surface area contributed by atoms with Crippen molar-refractivity contribution in [3.8, 4) is 11.4 Å². The van der Waals surface area contributed by atoms with E-state index in [0.29, 0.717) is 28.1 Å². The fraction of sp³-hybridized carbons (Fsp3) is 0.0400. The van der Waals surface area contributed by atoms with Crippen LogP contribution >= 0.6 is 15.9 Å². The Hall–Kier alpha value is -4.44. The van der Waals surface area contributed by atoms with Crippen LogP contribution in [-0.2, 0) is 11.2 Å². The lowest BCUT2D eigenvalue weighted by molar-refractivity contribution is -0.115. The van der Waals surface area contributed by atoms with Gasteiger partial charge in [-0.05, 0) is 35.9 Å². The number of anilines is 2. The highest BCUT2D eigenvalue weighted by Gasteiger charge is 2.17. The molecule has 5 aromatic rings. The molecule has 2 heterocycles. The fourth-order valence-electron chi connectivity index (χ4n) is 3.72. The summed E-state index contributed by atoms with van der Waals surface area (Å²) >= 11 is 3.38. The van der Waals surface area contributed by atoms with Gasteiger partial charge in [0.1, 0.15) is 5.69 Å². The van der Waals surface area contributed by atoms with E-state index >= 15 is 0 Å². The Balaban J connectivity index is 1.39. The number of hydrogen-bond donors (Lipinski definition) is 4. The molecule has 4 N–H and O–H groups in total. The second kappa shape index (κ2) is 9.43. The number of H-pyrrole nitrogens is 2. The number of carbonyl (C=O) groups is 2. The lowest BCUT2D eigenvalue weighted by atomic mass is 10.1. The van der Waals surface area contributed by atoms with Gasteiger partial charge in [0, 0.05) is 15.4 Å². The molecule has 174 valence electrons. The molecule has 0 fully saturated rings. The number of amides is 2. The Bertz CT molecular complexity index is 1600. The SMILES string of the molecule is O=C(Cc1ccccc1)Nc1cccc2cc(C(=O)Nc3ccc(Br)cc3-c3noc(=O)[nH]3)[nH]c12. The largest absolute Gasteiger partial charge is 0.439 e. The third kappa shape index (κ3) is 4.92. The molecule has 0 saturated heterocycles. The number of nitrogens with zero attached hydrogens (tertiary/aromatic N) is 1. The Morgan fingerprint density at radius 1 is 0.914 bits per heavy atom. The number of halogens is 1. The molecule has 10 heteroatoms. The van der Waals surface area contributed by atoms with Crippen LogP contribution in [0.4, 0.5) is 11.4 Å². The molecule has 0 saturated carbocycles. The number of hydrogen-bond acceptors (Lipinski definition) is 5. The third-order valence-electron chi connectivity index (χ3n) is 5.31. The summed E-state index contributed by atoms with van der Waals surface area (Å²) in [6.45, 7) is 0. The van der Waals surface area contributed by atoms with Crippen molar-refractivity contribution >= 4 is 50.0 Å². The zero-order valence-electron chi connectivity index (χ0n) is 18.1. The van der Waals surface area contributed by atoms with Gasteiger partial charge in [0.15, 0.2) is 5.82 Å². The molecule has 9 nitrogen and oxygen atoms in total. The second-order valence-corrected chi connectivity index (χ2v) is 8.67. The lowest BCUT2D eigenvalue weighted by Crippen LogP contribution is -2.15. The fourth-order valence-corrected chi connectivity index (χ4v) is 4.08. The molecular formula is C25H18BrN5O4. The molecule has 2 aromatic heterocycles. The van der Waals surface area contributed by atoms with Crippen LogP contribution in [0.25, 0.3) is 22.3 Å². The van der Waals surface area contributed by atoms with Gasteiger partial charge in [-0.15, -0.1) is 0 Å². The van der Waals surface area contributed by atoms with E-state index in [2.05, 4.69) is 46.2 Å². The minimum atomic E-state index is -0.699. The topological polar surface area (TPSA) is 133 Å². The minimum Gasteiger partial charge on any atom is -0.349 e. The van der Waals surface area contributed by atoms with Crippen molar-refractivity contribution in [1.29, 1.82) is 0 Å². The van der Waals surface area contributed by atoms with Gasteiger partial charge in [-0.3, -0.25) is 19.1 Å². The molecule has 0 aliphatic carbocycles. The van der Waals surface area contributed by atoms with Crippen LogP contribution in [0.5, 0.6) is 0 Å². The molecule has 5 rings (SSSR count). The molecule has 0 atom stereocenters. The zero-order chi connectivity index (χ0) is 24.4. The summed E-state index contributed by atoms with van der Waals surface area (Å²) in [5.41, 5.74) is 3.32. The van der Waals surface area contributed by atoms with Crippen LogP contribution in [0.15, 0.2) is 86.6 Å². The maximum atomic E-state index is 13.1. The van der Waals surface area contributed by atoms with E-state index in [4.69, 9.17) is 0 Å². The molecule has 0 radical (unpaired) electrons. The minimum absolute atomic E-state index is 0.162. The summed E-state index contributed by atoms with van der Waals surface area (Å²) in [5, 5.41) is 10.2. The van der Waals surface area contributed by atoms with Crippen molar-refractivity contribution in [3.05, 3.63) is 99.1 Å². The first-order valence-corrected chi connectivity index (χ1v) is 11.4. The third-order valence-corrected chi connectivity index (χ3v) is 5.80. The highest BCUT2D eigenvalue weighted by Crippen LogP contribution is 2.29. The van der Waals surface area contributed by atoms with Crippen molar-refractivity contribution in [2.75, 3.05) is 10.6 Å². The Kier molecular flexibility index (Phi) is 6.02. The van der Waals surface area contributed by atoms with Gasteiger partial charge in [0.2, 0.25) is 5.91 Å². The van der Waals surface area contributed by atoms with Crippen molar-refractivity contribution in [2.24, 2.45) is 0 Å². The van der Waals surface area contributed by atoms with Crippen molar-refractivity contribution in [2.45, 2.75) is 6.42 Å². The number of benzene rings is 3. The number of aromatic amines is 2. The monoisotopic (exact) mass is 531 g/mol. The van der Waals surface area contributed by atoms with E-state index in [9.17, 15) is 14.4 Å². The van der Waals surface area contributed by atoms with E-state index in [1.54, 1.807) is 30.3 Å². The zero-order valence-corrected chi connectivity index (χ0v) is 19.7. The van der Waals surface area contributed by atoms with Crippen LogP contribution in [0.2, 0.25) is 0 Å². The standard InChI is InChI=1S/C25H18BrN5O4/c26-16-9-10-18(17(13-16)23-30-25(34)35-31-23)29-24(33)20-12-15-7-4-8-19(22(15)28-20)27-21(32)11-14-5-2-1-3-6-14/h1-10,12-13,28H,11H2,(H,27,32)(H,29,33)(H,30,31,34). The first kappa shape index (κ1) is 22.4. The maximum Gasteiger partial charge on any atom is 0.439 e. The quantitative estimate of drug-likeness (QED) is 0.252. The van der Waals surface area contributed by atoms with E-state index in [-0.39, 0.29) is 18.2 Å². The van der Waals surface area contributed by atoms with E-state index in [1.165, 1.54) is 0 Å². The van der Waals surface area contributed by atoms with Crippen molar-refractivity contribution in [1.82, 2.24) is 15.1 Å². The van der Waals surface area contributed by atoms with Crippen molar-refractivity contribution < 1.29 is 14.1 Å². The second-order valence-electron chi connectivity index (χ2n) is 7.75. The summed E-state index contributed by atoms with van der Waals surface area (Å²) < 4.78 is 5.33. The Morgan fingerprint density at radius 3 is 2.51 bits per heavy atom. The number of carbonyl (C=O) groups excluding carboxylic acids is 2. The molecule has 0 aliphatic rings. The molecule has 35 heavy (non-hydrogen) atoms. The van der Waals surface area contributed by atoms with Crippen LogP contribution in [0.3, 0.4) is 0 Å². The number of fused-ring (bicyclic) bond motifs is 1. The van der Waals surface area contributed by atoms with Gasteiger partial charge in [0.25, 0.3) is 5.91 Å². The van der Waals surface area contributed by atoms with Crippen LogP contribution < -0.4 is 16.4 Å². The summed E-state index contributed by atoms with van der Waals surface area (Å²) in [6, 6.07) is 21.7. The van der Waals surface area contributed by atoms with Gasteiger partial charge < -0.3 is 15.6 Å². The molecule has 2 amide bonds.